The van der Waals surface area contributed by atoms with Crippen molar-refractivity contribution in [3.8, 4) is 28.0 Å². The fraction of sp³-hybridized carbons (Fsp3) is 0.172. The van der Waals surface area contributed by atoms with E-state index in [0.29, 0.717) is 17.9 Å². The van der Waals surface area contributed by atoms with Gasteiger partial charge >= 0.3 is 5.97 Å². The molecule has 0 atom stereocenters. The highest BCUT2D eigenvalue weighted by atomic mass is 16.5. The highest BCUT2D eigenvalue weighted by molar-refractivity contribution is 5.98. The first kappa shape index (κ1) is 23.4. The SMILES string of the molecule is CCn1cc(-c2cc(-c3cccc(CN)c3)cc3c(COc4ccccc4CC(=O)O)coc23)cn1. The lowest BCUT2D eigenvalue weighted by Gasteiger charge is -2.11. The maximum atomic E-state index is 11.3. The number of hydrogen-bond donors (Lipinski definition) is 2. The van der Waals surface area contributed by atoms with Crippen LogP contribution in [0.3, 0.4) is 0 Å². The predicted molar refractivity (Wildman–Crippen MR) is 139 cm³/mol. The number of fused-ring (bicyclic) bond motifs is 1. The average molecular weight is 482 g/mol. The molecule has 0 aliphatic carbocycles. The minimum atomic E-state index is -0.901. The molecule has 7 nitrogen and oxygen atoms in total. The van der Waals surface area contributed by atoms with Crippen molar-refractivity contribution in [1.82, 2.24) is 9.78 Å². The maximum Gasteiger partial charge on any atom is 0.307 e. The van der Waals surface area contributed by atoms with Gasteiger partial charge in [0, 0.05) is 46.9 Å². The molecule has 36 heavy (non-hydrogen) atoms. The Balaban J connectivity index is 1.58. The van der Waals surface area contributed by atoms with Crippen molar-refractivity contribution in [2.45, 2.75) is 33.0 Å². The second-order valence-corrected chi connectivity index (χ2v) is 8.62. The van der Waals surface area contributed by atoms with E-state index in [1.54, 1.807) is 18.4 Å². The molecule has 0 saturated heterocycles. The number of carboxylic acid groups (broad SMARTS) is 1. The highest BCUT2D eigenvalue weighted by Crippen LogP contribution is 2.37. The Hall–Kier alpha value is -4.36. The number of aryl methyl sites for hydroxylation is 1. The molecule has 0 unspecified atom stereocenters. The van der Waals surface area contributed by atoms with E-state index in [1.807, 2.05) is 48.3 Å². The van der Waals surface area contributed by atoms with Crippen LogP contribution in [0, 0.1) is 0 Å². The molecule has 2 aromatic heterocycles. The molecule has 0 spiro atoms. The van der Waals surface area contributed by atoms with Crippen LogP contribution in [0.15, 0.2) is 83.7 Å². The average Bonchev–Trinajstić information content (AvgIpc) is 3.54. The van der Waals surface area contributed by atoms with Crippen LogP contribution >= 0.6 is 0 Å². The van der Waals surface area contributed by atoms with Crippen LogP contribution in [0.1, 0.15) is 23.6 Å². The zero-order valence-corrected chi connectivity index (χ0v) is 20.0. The summed E-state index contributed by atoms with van der Waals surface area (Å²) in [4.78, 5) is 11.3. The lowest BCUT2D eigenvalue weighted by atomic mass is 9.96. The van der Waals surface area contributed by atoms with Crippen molar-refractivity contribution >= 4 is 16.9 Å². The van der Waals surface area contributed by atoms with Crippen LogP contribution in [0.5, 0.6) is 5.75 Å². The van der Waals surface area contributed by atoms with Gasteiger partial charge in [0.15, 0.2) is 0 Å². The Kier molecular flexibility index (Phi) is 6.56. The minimum Gasteiger partial charge on any atom is -0.488 e. The summed E-state index contributed by atoms with van der Waals surface area (Å²) in [6, 6.07) is 19.6. The molecular weight excluding hydrogens is 454 g/mol. The van der Waals surface area contributed by atoms with E-state index in [4.69, 9.17) is 14.9 Å². The van der Waals surface area contributed by atoms with Crippen molar-refractivity contribution in [3.63, 3.8) is 0 Å². The molecule has 5 aromatic rings. The van der Waals surface area contributed by atoms with Gasteiger partial charge in [0.1, 0.15) is 17.9 Å². The van der Waals surface area contributed by atoms with Gasteiger partial charge in [-0.2, -0.15) is 5.10 Å². The molecule has 2 heterocycles. The van der Waals surface area contributed by atoms with Gasteiger partial charge in [-0.1, -0.05) is 36.4 Å². The lowest BCUT2D eigenvalue weighted by molar-refractivity contribution is -0.136. The van der Waals surface area contributed by atoms with E-state index in [1.165, 1.54) is 0 Å². The molecule has 7 heteroatoms. The fourth-order valence-corrected chi connectivity index (χ4v) is 4.34. The molecule has 5 rings (SSSR count). The molecule has 0 aliphatic rings. The molecule has 0 fully saturated rings. The third-order valence-electron chi connectivity index (χ3n) is 6.22. The number of para-hydroxylation sites is 1. The summed E-state index contributed by atoms with van der Waals surface area (Å²) in [5.41, 5.74) is 13.2. The number of benzene rings is 3. The quantitative estimate of drug-likeness (QED) is 0.282. The van der Waals surface area contributed by atoms with E-state index < -0.39 is 5.97 Å². The monoisotopic (exact) mass is 481 g/mol. The Morgan fingerprint density at radius 3 is 2.69 bits per heavy atom. The molecule has 0 aliphatic heterocycles. The van der Waals surface area contributed by atoms with Crippen LogP contribution in [-0.4, -0.2) is 20.9 Å². The second kappa shape index (κ2) is 10.1. The number of nitrogens with two attached hydrogens (primary N) is 1. The summed E-state index contributed by atoms with van der Waals surface area (Å²) in [5.74, 6) is -0.355. The maximum absolute atomic E-state index is 11.3. The molecule has 0 radical (unpaired) electrons. The van der Waals surface area contributed by atoms with Gasteiger partial charge in [-0.15, -0.1) is 0 Å². The number of aliphatic carboxylic acids is 1. The van der Waals surface area contributed by atoms with E-state index in [0.717, 1.165) is 50.9 Å². The lowest BCUT2D eigenvalue weighted by Crippen LogP contribution is -2.04. The number of furan rings is 1. The molecule has 3 aromatic carbocycles. The molecule has 0 saturated carbocycles. The first-order valence-electron chi connectivity index (χ1n) is 11.8. The van der Waals surface area contributed by atoms with E-state index in [9.17, 15) is 9.90 Å². The zero-order chi connectivity index (χ0) is 25.1. The summed E-state index contributed by atoms with van der Waals surface area (Å²) < 4.78 is 14.0. The van der Waals surface area contributed by atoms with Crippen LogP contribution in [0.2, 0.25) is 0 Å². The summed E-state index contributed by atoms with van der Waals surface area (Å²) in [5, 5.41) is 14.6. The number of nitrogens with zero attached hydrogens (tertiary/aromatic N) is 2. The van der Waals surface area contributed by atoms with Crippen molar-refractivity contribution in [2.24, 2.45) is 5.73 Å². The van der Waals surface area contributed by atoms with Gasteiger partial charge in [0.25, 0.3) is 0 Å². The largest absolute Gasteiger partial charge is 0.488 e. The van der Waals surface area contributed by atoms with E-state index in [-0.39, 0.29) is 13.0 Å². The Morgan fingerprint density at radius 2 is 1.92 bits per heavy atom. The van der Waals surface area contributed by atoms with Gasteiger partial charge in [-0.05, 0) is 47.9 Å². The summed E-state index contributed by atoms with van der Waals surface area (Å²) in [6.07, 6.45) is 5.46. The predicted octanol–water partition coefficient (Wildman–Crippen LogP) is 5.65. The summed E-state index contributed by atoms with van der Waals surface area (Å²) in [6.45, 7) is 3.52. The van der Waals surface area contributed by atoms with Crippen molar-refractivity contribution in [3.05, 3.63) is 96.0 Å². The molecule has 0 bridgehead atoms. The Labute approximate surface area is 208 Å². The molecule has 0 amide bonds. The molecule has 3 N–H and O–H groups in total. The van der Waals surface area contributed by atoms with Crippen LogP contribution in [0.4, 0.5) is 0 Å². The Morgan fingerprint density at radius 1 is 1.06 bits per heavy atom. The van der Waals surface area contributed by atoms with Crippen LogP contribution in [0.25, 0.3) is 33.2 Å². The van der Waals surface area contributed by atoms with E-state index in [2.05, 4.69) is 29.4 Å². The van der Waals surface area contributed by atoms with Crippen molar-refractivity contribution in [2.75, 3.05) is 0 Å². The smallest absolute Gasteiger partial charge is 0.307 e. The number of rotatable bonds is 9. The molecule has 182 valence electrons. The van der Waals surface area contributed by atoms with Gasteiger partial charge in [0.2, 0.25) is 0 Å². The molecular formula is C29H27N3O4. The summed E-state index contributed by atoms with van der Waals surface area (Å²) in [7, 11) is 0. The van der Waals surface area contributed by atoms with Crippen LogP contribution in [-0.2, 0) is 30.9 Å². The second-order valence-electron chi connectivity index (χ2n) is 8.62. The topological polar surface area (TPSA) is 104 Å². The van der Waals surface area contributed by atoms with Crippen molar-refractivity contribution in [1.29, 1.82) is 0 Å². The van der Waals surface area contributed by atoms with Crippen LogP contribution < -0.4 is 10.5 Å². The Bertz CT molecular complexity index is 1530. The number of ether oxygens (including phenoxy) is 1. The summed E-state index contributed by atoms with van der Waals surface area (Å²) >= 11 is 0. The third kappa shape index (κ3) is 4.74. The third-order valence-corrected chi connectivity index (χ3v) is 6.22. The fourth-order valence-electron chi connectivity index (χ4n) is 4.34. The van der Waals surface area contributed by atoms with E-state index >= 15 is 0 Å². The standard InChI is InChI=1S/C29H27N3O4/c1-2-32-16-23(15-31-32)25-11-22(20-8-5-6-19(10-20)14-30)12-26-24(18-36-29(25)26)17-35-27-9-4-3-7-21(27)13-28(33)34/h3-12,15-16,18H,2,13-14,17,30H2,1H3,(H,33,34). The number of carbonyl (C=O) groups is 1. The van der Waals surface area contributed by atoms with Gasteiger partial charge in [-0.3, -0.25) is 9.48 Å². The zero-order valence-electron chi connectivity index (χ0n) is 20.0. The number of hydrogen-bond acceptors (Lipinski definition) is 5. The highest BCUT2D eigenvalue weighted by Gasteiger charge is 2.17. The minimum absolute atomic E-state index is 0.102. The number of carboxylic acids is 1. The first-order chi connectivity index (χ1) is 17.6. The van der Waals surface area contributed by atoms with Gasteiger partial charge in [-0.25, -0.2) is 0 Å². The number of aromatic nitrogens is 2. The normalized spacial score (nSPS) is 11.2. The van der Waals surface area contributed by atoms with Crippen molar-refractivity contribution < 1.29 is 19.1 Å². The van der Waals surface area contributed by atoms with Gasteiger partial charge < -0.3 is 20.0 Å². The van der Waals surface area contributed by atoms with Gasteiger partial charge in [0.05, 0.1) is 18.9 Å². The first-order valence-corrected chi connectivity index (χ1v) is 11.8.